The van der Waals surface area contributed by atoms with Crippen LogP contribution in [0.25, 0.3) is 0 Å². The molecule has 3 rings (SSSR count). The molecule has 26 heavy (non-hydrogen) atoms. The minimum Gasteiger partial charge on any atom is -0.335 e. The van der Waals surface area contributed by atoms with Gasteiger partial charge in [-0.25, -0.2) is 4.79 Å². The van der Waals surface area contributed by atoms with E-state index in [2.05, 4.69) is 19.2 Å². The van der Waals surface area contributed by atoms with E-state index in [4.69, 9.17) is 0 Å². The van der Waals surface area contributed by atoms with E-state index in [0.717, 1.165) is 25.7 Å². The lowest BCUT2D eigenvalue weighted by Crippen LogP contribution is -2.70. The summed E-state index contributed by atoms with van der Waals surface area (Å²) in [6.07, 6.45) is 6.31. The summed E-state index contributed by atoms with van der Waals surface area (Å²) in [5.74, 6) is 0.321. The highest BCUT2D eigenvalue weighted by Crippen LogP contribution is 2.25. The van der Waals surface area contributed by atoms with Gasteiger partial charge >= 0.3 is 6.03 Å². The van der Waals surface area contributed by atoms with E-state index in [9.17, 15) is 14.4 Å². The van der Waals surface area contributed by atoms with Gasteiger partial charge in [-0.1, -0.05) is 33.1 Å². The summed E-state index contributed by atoms with van der Waals surface area (Å²) in [5.41, 5.74) is 0. The van der Waals surface area contributed by atoms with Crippen molar-refractivity contribution in [1.29, 1.82) is 0 Å². The number of nitrogens with zero attached hydrogens (tertiary/aromatic N) is 3. The molecule has 3 fully saturated rings. The molecule has 0 radical (unpaired) electrons. The van der Waals surface area contributed by atoms with Crippen LogP contribution in [0.15, 0.2) is 0 Å². The summed E-state index contributed by atoms with van der Waals surface area (Å²) in [6, 6.07) is -0.761. The topological polar surface area (TPSA) is 73.0 Å². The van der Waals surface area contributed by atoms with E-state index in [-0.39, 0.29) is 29.9 Å². The maximum Gasteiger partial charge on any atom is 0.317 e. The minimum atomic E-state index is -0.540. The lowest BCUT2D eigenvalue weighted by Gasteiger charge is -2.48. The normalized spacial score (nSPS) is 27.8. The Balaban J connectivity index is 1.63. The second kappa shape index (κ2) is 7.84. The predicted octanol–water partition coefficient (Wildman–Crippen LogP) is 1.43. The van der Waals surface area contributed by atoms with Gasteiger partial charge < -0.3 is 20.0 Å². The van der Waals surface area contributed by atoms with Crippen LogP contribution < -0.4 is 5.32 Å². The zero-order valence-corrected chi connectivity index (χ0v) is 16.2. The summed E-state index contributed by atoms with van der Waals surface area (Å²) >= 11 is 0. The van der Waals surface area contributed by atoms with E-state index >= 15 is 0 Å². The Morgan fingerprint density at radius 1 is 1.12 bits per heavy atom. The van der Waals surface area contributed by atoms with Crippen molar-refractivity contribution >= 4 is 17.8 Å². The van der Waals surface area contributed by atoms with Crippen LogP contribution in [0.5, 0.6) is 0 Å². The summed E-state index contributed by atoms with van der Waals surface area (Å²) < 4.78 is 0. The molecule has 1 N–H and O–H groups in total. The number of piperazine rings is 2. The Kier molecular flexibility index (Phi) is 5.73. The first kappa shape index (κ1) is 19.0. The highest BCUT2D eigenvalue weighted by atomic mass is 16.2. The van der Waals surface area contributed by atoms with E-state index in [1.54, 1.807) is 21.7 Å². The molecule has 1 saturated carbocycles. The molecular weight excluding hydrogens is 332 g/mol. The van der Waals surface area contributed by atoms with Crippen molar-refractivity contribution in [3.63, 3.8) is 0 Å². The molecule has 0 bridgehead atoms. The van der Waals surface area contributed by atoms with Crippen molar-refractivity contribution in [2.45, 2.75) is 70.5 Å². The number of nitrogens with one attached hydrogen (secondary N) is 1. The Morgan fingerprint density at radius 3 is 2.46 bits per heavy atom. The van der Waals surface area contributed by atoms with E-state index in [1.165, 1.54) is 6.42 Å². The molecule has 2 heterocycles. The fraction of sp³-hybridized carbons (Fsp3) is 0.842. The van der Waals surface area contributed by atoms with Crippen LogP contribution >= 0.6 is 0 Å². The maximum atomic E-state index is 12.9. The van der Waals surface area contributed by atoms with Crippen molar-refractivity contribution in [3.05, 3.63) is 0 Å². The monoisotopic (exact) mass is 364 g/mol. The quantitative estimate of drug-likeness (QED) is 0.823. The molecule has 4 amide bonds. The van der Waals surface area contributed by atoms with Gasteiger partial charge in [0.2, 0.25) is 11.8 Å². The largest absolute Gasteiger partial charge is 0.335 e. The number of amides is 4. The van der Waals surface area contributed by atoms with Crippen molar-refractivity contribution in [1.82, 2.24) is 20.0 Å². The maximum absolute atomic E-state index is 12.9. The fourth-order valence-corrected chi connectivity index (χ4v) is 4.41. The molecule has 0 aromatic rings. The van der Waals surface area contributed by atoms with Gasteiger partial charge in [0.05, 0.1) is 6.54 Å². The number of rotatable bonds is 3. The Labute approximate surface area is 156 Å². The first-order chi connectivity index (χ1) is 12.4. The molecule has 7 heteroatoms. The number of fused-ring (bicyclic) bond motifs is 1. The third-order valence-corrected chi connectivity index (χ3v) is 5.96. The van der Waals surface area contributed by atoms with Gasteiger partial charge in [0.1, 0.15) is 12.1 Å². The lowest BCUT2D eigenvalue weighted by atomic mass is 9.95. The van der Waals surface area contributed by atoms with Gasteiger partial charge in [-0.05, 0) is 25.2 Å². The van der Waals surface area contributed by atoms with Gasteiger partial charge in [-0.2, -0.15) is 0 Å². The molecule has 2 atom stereocenters. The van der Waals surface area contributed by atoms with E-state index < -0.39 is 6.04 Å². The highest BCUT2D eigenvalue weighted by Gasteiger charge is 2.47. The van der Waals surface area contributed by atoms with Gasteiger partial charge in [0, 0.05) is 26.2 Å². The first-order valence-electron chi connectivity index (χ1n) is 10.0. The van der Waals surface area contributed by atoms with E-state index in [0.29, 0.717) is 32.0 Å². The molecule has 0 aromatic carbocycles. The zero-order valence-electron chi connectivity index (χ0n) is 16.2. The van der Waals surface area contributed by atoms with Gasteiger partial charge in [0.15, 0.2) is 0 Å². The molecule has 2 saturated heterocycles. The zero-order chi connectivity index (χ0) is 18.8. The Bertz CT molecular complexity index is 559. The smallest absolute Gasteiger partial charge is 0.317 e. The third-order valence-electron chi connectivity index (χ3n) is 5.96. The van der Waals surface area contributed by atoms with Crippen LogP contribution in [0.3, 0.4) is 0 Å². The standard InChI is InChI=1S/C19H32N4O3/c1-13(2)11-15-18(25)23-10-9-22(12-16(23)17(24)21(15)3)19(26)20-14-7-5-4-6-8-14/h13-16H,4-12H2,1-3H3,(H,20,26)/t15-,16+/m0/s1. The summed E-state index contributed by atoms with van der Waals surface area (Å²) in [4.78, 5) is 43.3. The van der Waals surface area contributed by atoms with Crippen LogP contribution in [0.1, 0.15) is 52.4 Å². The van der Waals surface area contributed by atoms with Crippen LogP contribution in [-0.4, -0.2) is 77.4 Å². The predicted molar refractivity (Wildman–Crippen MR) is 98.5 cm³/mol. The van der Waals surface area contributed by atoms with Crippen molar-refractivity contribution in [2.75, 3.05) is 26.7 Å². The summed E-state index contributed by atoms with van der Waals surface area (Å²) in [5, 5.41) is 3.11. The average Bonchev–Trinajstić information content (AvgIpc) is 2.63. The molecule has 7 nitrogen and oxygen atoms in total. The number of urea groups is 1. The Hall–Kier alpha value is -1.79. The van der Waals surface area contributed by atoms with Crippen molar-refractivity contribution in [3.8, 4) is 0 Å². The number of hydrogen-bond donors (Lipinski definition) is 1. The molecule has 0 spiro atoms. The van der Waals surface area contributed by atoms with Crippen molar-refractivity contribution < 1.29 is 14.4 Å². The van der Waals surface area contributed by atoms with Crippen LogP contribution in [0.4, 0.5) is 4.79 Å². The van der Waals surface area contributed by atoms with Crippen LogP contribution in [0.2, 0.25) is 0 Å². The molecule has 146 valence electrons. The third kappa shape index (κ3) is 3.81. The number of carbonyl (C=O) groups excluding carboxylic acids is 3. The minimum absolute atomic E-state index is 0.0261. The van der Waals surface area contributed by atoms with Gasteiger partial charge in [-0.15, -0.1) is 0 Å². The molecular formula is C19H32N4O3. The summed E-state index contributed by atoms with van der Waals surface area (Å²) in [7, 11) is 1.71. The highest BCUT2D eigenvalue weighted by molar-refractivity contribution is 5.97. The first-order valence-corrected chi connectivity index (χ1v) is 10.0. The average molecular weight is 364 g/mol. The summed E-state index contributed by atoms with van der Waals surface area (Å²) in [6.45, 7) is 5.35. The van der Waals surface area contributed by atoms with Crippen LogP contribution in [0, 0.1) is 5.92 Å². The fourth-order valence-electron chi connectivity index (χ4n) is 4.41. The molecule has 0 aromatic heterocycles. The molecule has 3 aliphatic rings. The number of carbonyl (C=O) groups is 3. The Morgan fingerprint density at radius 2 is 1.81 bits per heavy atom. The SMILES string of the molecule is CC(C)C[C@H]1C(=O)N2CCN(C(=O)NC3CCCCC3)C[C@@H]2C(=O)N1C. The van der Waals surface area contributed by atoms with Gasteiger partial charge in [0.25, 0.3) is 0 Å². The molecule has 0 unspecified atom stereocenters. The van der Waals surface area contributed by atoms with Crippen LogP contribution in [-0.2, 0) is 9.59 Å². The number of likely N-dealkylation sites (N-methyl/N-ethyl adjacent to an activating group) is 1. The number of hydrogen-bond acceptors (Lipinski definition) is 3. The second-order valence-electron chi connectivity index (χ2n) is 8.37. The van der Waals surface area contributed by atoms with Gasteiger partial charge in [-0.3, -0.25) is 9.59 Å². The van der Waals surface area contributed by atoms with Crippen molar-refractivity contribution in [2.24, 2.45) is 5.92 Å². The lowest BCUT2D eigenvalue weighted by molar-refractivity contribution is -0.163. The second-order valence-corrected chi connectivity index (χ2v) is 8.37. The molecule has 1 aliphatic carbocycles. The van der Waals surface area contributed by atoms with E-state index in [1.807, 2.05) is 0 Å². The molecule has 2 aliphatic heterocycles.